The number of fused-ring (bicyclic) bond motifs is 10. The van der Waals surface area contributed by atoms with Crippen LogP contribution >= 0.6 is 0 Å². The Morgan fingerprint density at radius 3 is 1.06 bits per heavy atom. The van der Waals surface area contributed by atoms with E-state index in [4.69, 9.17) is 0 Å². The Morgan fingerprint density at radius 2 is 0.614 bits per heavy atom. The van der Waals surface area contributed by atoms with Crippen LogP contribution in [-0.4, -0.2) is 9.13 Å². The molecule has 0 unspecified atom stereocenters. The highest BCUT2D eigenvalue weighted by molar-refractivity contribution is 6.12. The van der Waals surface area contributed by atoms with Crippen molar-refractivity contribution in [1.82, 2.24) is 9.13 Å². The van der Waals surface area contributed by atoms with Crippen molar-refractivity contribution in [2.24, 2.45) is 0 Å². The minimum atomic E-state index is -0.253. The van der Waals surface area contributed by atoms with Gasteiger partial charge in [0.05, 0.1) is 44.8 Å². The molecule has 4 heterocycles. The number of para-hydroxylation sites is 6. The Hall–Kier alpha value is -8.60. The molecule has 2 aliphatic heterocycles. The normalized spacial score (nSPS) is 14.5. The lowest BCUT2D eigenvalue weighted by molar-refractivity contribution is 0.631. The Morgan fingerprint density at radius 1 is 0.257 bits per heavy atom. The summed E-state index contributed by atoms with van der Waals surface area (Å²) in [5.74, 6) is 0. The lowest BCUT2D eigenvalue weighted by Crippen LogP contribution is -2.31. The van der Waals surface area contributed by atoms with E-state index in [0.29, 0.717) is 0 Å². The van der Waals surface area contributed by atoms with Gasteiger partial charge in [-0.05, 0) is 143 Å². The first-order chi connectivity index (χ1) is 34.3. The van der Waals surface area contributed by atoms with E-state index < -0.39 is 0 Å². The van der Waals surface area contributed by atoms with Gasteiger partial charge in [0.25, 0.3) is 0 Å². The van der Waals surface area contributed by atoms with Crippen LogP contribution in [0, 0.1) is 0 Å². The first kappa shape index (κ1) is 40.5. The number of hydrogen-bond donors (Lipinski definition) is 0. The van der Waals surface area contributed by atoms with Crippen molar-refractivity contribution in [2.45, 2.75) is 38.5 Å². The van der Waals surface area contributed by atoms with E-state index in [1.807, 2.05) is 0 Å². The minimum Gasteiger partial charge on any atom is -0.310 e. The molecule has 70 heavy (non-hydrogen) atoms. The van der Waals surface area contributed by atoms with Crippen LogP contribution in [0.5, 0.6) is 0 Å². The molecule has 0 saturated carbocycles. The molecular formula is C66H50N4. The molecule has 334 valence electrons. The highest BCUT2D eigenvalue weighted by Gasteiger charge is 2.39. The zero-order valence-electron chi connectivity index (χ0n) is 39.7. The first-order valence-corrected chi connectivity index (χ1v) is 24.5. The largest absolute Gasteiger partial charge is 0.310 e. The SMILES string of the molecule is CC1(C)c2ccccc2N(c2ccc3c(c2)c2ccccc2n3-c2ccccc2)c2ccc(-c3ccc4c(c3)C(C)(C)c3ccccc3N4c3ccc4c(c3)c3ccccc3n4-c3ccccc3)cc21. The van der Waals surface area contributed by atoms with Gasteiger partial charge in [-0.2, -0.15) is 0 Å². The van der Waals surface area contributed by atoms with Crippen LogP contribution in [0.25, 0.3) is 66.1 Å². The average molecular weight is 899 g/mol. The average Bonchev–Trinajstić information content (AvgIpc) is 3.92. The molecule has 0 bridgehead atoms. The number of rotatable bonds is 5. The van der Waals surface area contributed by atoms with Gasteiger partial charge in [0.1, 0.15) is 0 Å². The van der Waals surface area contributed by atoms with E-state index in [2.05, 4.69) is 277 Å². The molecule has 4 nitrogen and oxygen atoms in total. The molecule has 4 heteroatoms. The van der Waals surface area contributed by atoms with Crippen molar-refractivity contribution in [3.63, 3.8) is 0 Å². The quantitative estimate of drug-likeness (QED) is 0.171. The van der Waals surface area contributed by atoms with E-state index in [-0.39, 0.29) is 10.8 Å². The van der Waals surface area contributed by atoms with Gasteiger partial charge in [-0.15, -0.1) is 0 Å². The monoisotopic (exact) mass is 898 g/mol. The third-order valence-electron chi connectivity index (χ3n) is 15.6. The highest BCUT2D eigenvalue weighted by Crippen LogP contribution is 2.56. The van der Waals surface area contributed by atoms with Gasteiger partial charge in [0.2, 0.25) is 0 Å². The highest BCUT2D eigenvalue weighted by atomic mass is 15.2. The van der Waals surface area contributed by atoms with E-state index >= 15 is 0 Å². The van der Waals surface area contributed by atoms with Crippen LogP contribution in [0.2, 0.25) is 0 Å². The fraction of sp³-hybridized carbons (Fsp3) is 0.0909. The molecule has 0 spiro atoms. The summed E-state index contributed by atoms with van der Waals surface area (Å²) in [6.45, 7) is 9.56. The smallest absolute Gasteiger partial charge is 0.0542 e. The topological polar surface area (TPSA) is 16.3 Å². The summed E-state index contributed by atoms with van der Waals surface area (Å²) in [5.41, 5.74) is 21.5. The second-order valence-electron chi connectivity index (χ2n) is 20.2. The number of benzene rings is 10. The molecule has 0 aliphatic carbocycles. The summed E-state index contributed by atoms with van der Waals surface area (Å²) in [5, 5.41) is 4.97. The molecule has 10 aromatic carbocycles. The molecule has 0 fully saturated rings. The molecule has 2 aliphatic rings. The van der Waals surface area contributed by atoms with E-state index in [1.54, 1.807) is 0 Å². The summed E-state index contributed by atoms with van der Waals surface area (Å²) >= 11 is 0. The van der Waals surface area contributed by atoms with E-state index in [9.17, 15) is 0 Å². The number of aromatic nitrogens is 2. The van der Waals surface area contributed by atoms with Gasteiger partial charge in [0, 0.05) is 55.1 Å². The zero-order chi connectivity index (χ0) is 46.9. The molecule has 0 amide bonds. The Labute approximate surface area is 408 Å². The van der Waals surface area contributed by atoms with Gasteiger partial charge in [0.15, 0.2) is 0 Å². The van der Waals surface area contributed by atoms with Gasteiger partial charge < -0.3 is 18.9 Å². The third-order valence-corrected chi connectivity index (χ3v) is 15.6. The first-order valence-electron chi connectivity index (χ1n) is 24.5. The Bertz CT molecular complexity index is 3810. The van der Waals surface area contributed by atoms with Crippen LogP contribution in [0.15, 0.2) is 231 Å². The fourth-order valence-electron chi connectivity index (χ4n) is 12.2. The van der Waals surface area contributed by atoms with Gasteiger partial charge in [-0.3, -0.25) is 0 Å². The van der Waals surface area contributed by atoms with Gasteiger partial charge >= 0.3 is 0 Å². The molecule has 0 radical (unpaired) electrons. The fourth-order valence-corrected chi connectivity index (χ4v) is 12.2. The molecule has 0 N–H and O–H groups in total. The maximum Gasteiger partial charge on any atom is 0.0542 e. The molecule has 0 saturated heterocycles. The predicted molar refractivity (Wildman–Crippen MR) is 294 cm³/mol. The summed E-state index contributed by atoms with van der Waals surface area (Å²) in [6, 6.07) is 85.4. The molecule has 0 atom stereocenters. The van der Waals surface area contributed by atoms with Crippen LogP contribution < -0.4 is 9.80 Å². The zero-order valence-corrected chi connectivity index (χ0v) is 39.7. The summed E-state index contributed by atoms with van der Waals surface area (Å²) < 4.78 is 4.79. The van der Waals surface area contributed by atoms with E-state index in [1.165, 1.54) is 99.7 Å². The second kappa shape index (κ2) is 14.9. The Kier molecular flexibility index (Phi) is 8.64. The molecule has 12 aromatic rings. The van der Waals surface area contributed by atoms with Crippen LogP contribution in [0.1, 0.15) is 49.9 Å². The lowest BCUT2D eigenvalue weighted by atomic mass is 9.71. The summed E-state index contributed by atoms with van der Waals surface area (Å²) in [7, 11) is 0. The summed E-state index contributed by atoms with van der Waals surface area (Å²) in [4.78, 5) is 4.99. The van der Waals surface area contributed by atoms with Crippen molar-refractivity contribution in [3.8, 4) is 22.5 Å². The maximum absolute atomic E-state index is 2.49. The van der Waals surface area contributed by atoms with Crippen molar-refractivity contribution in [3.05, 3.63) is 253 Å². The lowest BCUT2D eigenvalue weighted by Gasteiger charge is -2.43. The van der Waals surface area contributed by atoms with E-state index in [0.717, 1.165) is 22.7 Å². The van der Waals surface area contributed by atoms with Gasteiger partial charge in [-0.1, -0.05) is 149 Å². The standard InChI is InChI=1S/C66H50N4/c1-65(2)53-25-13-17-29-61(53)69(47-33-37-59-51(41-47)49-23-11-15-27-57(49)67(59)45-19-7-5-8-20-45)63-35-31-43(39-55(63)65)44-32-36-64-56(40-44)66(3,4)54-26-14-18-30-62(54)70(64)48-34-38-60-52(42-48)50-24-12-16-28-58(50)68(60)46-21-9-6-10-22-46/h5-42H,1-4H3. The summed E-state index contributed by atoms with van der Waals surface area (Å²) in [6.07, 6.45) is 0. The van der Waals surface area contributed by atoms with Crippen molar-refractivity contribution < 1.29 is 0 Å². The second-order valence-corrected chi connectivity index (χ2v) is 20.2. The van der Waals surface area contributed by atoms with Crippen LogP contribution in [0.3, 0.4) is 0 Å². The minimum absolute atomic E-state index is 0.253. The third kappa shape index (κ3) is 5.77. The molecule has 14 rings (SSSR count). The number of nitrogens with zero attached hydrogens (tertiary/aromatic N) is 4. The maximum atomic E-state index is 2.49. The number of anilines is 6. The van der Waals surface area contributed by atoms with Crippen LogP contribution in [-0.2, 0) is 10.8 Å². The van der Waals surface area contributed by atoms with Crippen molar-refractivity contribution in [1.29, 1.82) is 0 Å². The van der Waals surface area contributed by atoms with Gasteiger partial charge in [-0.25, -0.2) is 0 Å². The predicted octanol–water partition coefficient (Wildman–Crippen LogP) is 17.8. The van der Waals surface area contributed by atoms with Crippen molar-refractivity contribution in [2.75, 3.05) is 9.80 Å². The van der Waals surface area contributed by atoms with Crippen molar-refractivity contribution >= 4 is 77.7 Å². The number of hydrogen-bond acceptors (Lipinski definition) is 2. The molecule has 2 aromatic heterocycles. The molecular weight excluding hydrogens is 849 g/mol. The van der Waals surface area contributed by atoms with Crippen LogP contribution in [0.4, 0.5) is 34.1 Å². The Balaban J connectivity index is 0.909.